The Morgan fingerprint density at radius 3 is 2.62 bits per heavy atom. The highest BCUT2D eigenvalue weighted by molar-refractivity contribution is 6.24. The SMILES string of the molecule is CC12CCC(CCOc3noc4ccccc34)(O1)C1C(=O)N(c3ccc4ccccc4c3C#N)C(=O)C12. The number of para-hydroxylation sites is 1. The van der Waals surface area contributed by atoms with Crippen molar-refractivity contribution in [3.8, 4) is 11.9 Å². The summed E-state index contributed by atoms with van der Waals surface area (Å²) in [7, 11) is 0. The van der Waals surface area contributed by atoms with Gasteiger partial charge in [0.2, 0.25) is 11.8 Å². The number of carbonyl (C=O) groups is 2. The molecule has 3 saturated heterocycles. The molecule has 7 rings (SSSR count). The van der Waals surface area contributed by atoms with Gasteiger partial charge in [-0.15, -0.1) is 0 Å². The molecule has 0 N–H and O–H groups in total. The highest BCUT2D eigenvalue weighted by Gasteiger charge is 2.74. The second-order valence-electron chi connectivity index (χ2n) is 10.3. The predicted molar refractivity (Wildman–Crippen MR) is 134 cm³/mol. The lowest BCUT2D eigenvalue weighted by molar-refractivity contribution is -0.131. The zero-order chi connectivity index (χ0) is 25.4. The highest BCUT2D eigenvalue weighted by Crippen LogP contribution is 2.62. The van der Waals surface area contributed by atoms with E-state index >= 15 is 0 Å². The Kier molecular flexibility index (Phi) is 4.55. The second-order valence-corrected chi connectivity index (χ2v) is 10.3. The summed E-state index contributed by atoms with van der Waals surface area (Å²) in [5.74, 6) is -1.44. The Morgan fingerprint density at radius 1 is 1.03 bits per heavy atom. The number of benzene rings is 3. The molecule has 3 fully saturated rings. The third kappa shape index (κ3) is 2.95. The van der Waals surface area contributed by atoms with Crippen LogP contribution < -0.4 is 9.64 Å². The standard InChI is InChI=1S/C29H23N3O5/c1-28-12-13-29(37-28,14-15-35-25-19-8-4-5-9-22(19)36-31-25)24-23(28)26(33)32(27(24)34)21-11-10-17-6-2-3-7-18(17)20(21)16-30/h2-11,23-24H,12-15H2,1H3. The summed E-state index contributed by atoms with van der Waals surface area (Å²) in [5, 5.41) is 16.4. The van der Waals surface area contributed by atoms with Crippen LogP contribution in [-0.2, 0) is 14.3 Å². The Morgan fingerprint density at radius 2 is 1.78 bits per heavy atom. The van der Waals surface area contributed by atoms with Crippen molar-refractivity contribution in [2.24, 2.45) is 11.8 Å². The van der Waals surface area contributed by atoms with E-state index in [-0.39, 0.29) is 18.4 Å². The van der Waals surface area contributed by atoms with E-state index in [1.807, 2.05) is 61.5 Å². The van der Waals surface area contributed by atoms with Crippen LogP contribution in [0.4, 0.5) is 5.69 Å². The van der Waals surface area contributed by atoms with Crippen molar-refractivity contribution in [3.63, 3.8) is 0 Å². The number of nitriles is 1. The first-order valence-corrected chi connectivity index (χ1v) is 12.4. The summed E-state index contributed by atoms with van der Waals surface area (Å²) in [6, 6.07) is 20.7. The topological polar surface area (TPSA) is 106 Å². The number of fused-ring (bicyclic) bond motifs is 7. The maximum atomic E-state index is 14.0. The molecule has 2 amide bonds. The van der Waals surface area contributed by atoms with Crippen molar-refractivity contribution in [1.82, 2.24) is 5.16 Å². The number of hydrogen-bond donors (Lipinski definition) is 0. The van der Waals surface area contributed by atoms with E-state index in [0.717, 1.165) is 10.8 Å². The monoisotopic (exact) mass is 493 g/mol. The van der Waals surface area contributed by atoms with Crippen LogP contribution in [0.3, 0.4) is 0 Å². The van der Waals surface area contributed by atoms with E-state index in [0.29, 0.717) is 47.4 Å². The van der Waals surface area contributed by atoms with Crippen molar-refractivity contribution in [2.75, 3.05) is 11.5 Å². The summed E-state index contributed by atoms with van der Waals surface area (Å²) in [4.78, 5) is 29.0. The normalized spacial score (nSPS) is 28.3. The summed E-state index contributed by atoms with van der Waals surface area (Å²) in [5.41, 5.74) is -0.250. The van der Waals surface area contributed by atoms with Gasteiger partial charge in [-0.3, -0.25) is 9.59 Å². The number of ether oxygens (including phenoxy) is 2. The molecule has 1 aromatic heterocycles. The van der Waals surface area contributed by atoms with Crippen LogP contribution in [0.5, 0.6) is 5.88 Å². The average Bonchev–Trinajstić information content (AvgIpc) is 3.62. The lowest BCUT2D eigenvalue weighted by atomic mass is 9.67. The summed E-state index contributed by atoms with van der Waals surface area (Å²) < 4.78 is 17.8. The maximum Gasteiger partial charge on any atom is 0.262 e. The molecule has 184 valence electrons. The van der Waals surface area contributed by atoms with Gasteiger partial charge in [-0.05, 0) is 48.5 Å². The fourth-order valence-corrected chi connectivity index (χ4v) is 6.70. The lowest BCUT2D eigenvalue weighted by Gasteiger charge is -2.31. The zero-order valence-electron chi connectivity index (χ0n) is 20.1. The van der Waals surface area contributed by atoms with Crippen molar-refractivity contribution < 1.29 is 23.6 Å². The largest absolute Gasteiger partial charge is 0.475 e. The van der Waals surface area contributed by atoms with E-state index in [4.69, 9.17) is 14.0 Å². The van der Waals surface area contributed by atoms with Gasteiger partial charge in [-0.25, -0.2) is 4.90 Å². The predicted octanol–water partition coefficient (Wildman–Crippen LogP) is 4.75. The first kappa shape index (κ1) is 22.0. The van der Waals surface area contributed by atoms with Gasteiger partial charge in [0.05, 0.1) is 46.3 Å². The molecule has 8 heteroatoms. The lowest BCUT2D eigenvalue weighted by Crippen LogP contribution is -2.43. The molecule has 4 unspecified atom stereocenters. The van der Waals surface area contributed by atoms with E-state index in [1.54, 1.807) is 6.07 Å². The van der Waals surface area contributed by atoms with Gasteiger partial charge in [0.15, 0.2) is 5.58 Å². The number of nitrogens with zero attached hydrogens (tertiary/aromatic N) is 3. The molecule has 0 saturated carbocycles. The molecule has 0 spiro atoms. The van der Waals surface area contributed by atoms with Crippen LogP contribution in [0.1, 0.15) is 31.7 Å². The van der Waals surface area contributed by atoms with Crippen LogP contribution in [0, 0.1) is 23.2 Å². The average molecular weight is 494 g/mol. The minimum absolute atomic E-state index is 0.261. The highest BCUT2D eigenvalue weighted by atomic mass is 16.6. The van der Waals surface area contributed by atoms with E-state index < -0.39 is 23.0 Å². The van der Waals surface area contributed by atoms with Crippen LogP contribution in [0.15, 0.2) is 65.2 Å². The Labute approximate surface area is 212 Å². The molecule has 0 radical (unpaired) electrons. The number of anilines is 1. The third-order valence-corrected chi connectivity index (χ3v) is 8.38. The van der Waals surface area contributed by atoms with Crippen molar-refractivity contribution in [3.05, 3.63) is 66.2 Å². The number of amides is 2. The van der Waals surface area contributed by atoms with E-state index in [9.17, 15) is 14.9 Å². The molecule has 4 aromatic rings. The smallest absolute Gasteiger partial charge is 0.262 e. The van der Waals surface area contributed by atoms with Crippen molar-refractivity contribution in [2.45, 2.75) is 37.4 Å². The number of carbonyl (C=O) groups excluding carboxylic acids is 2. The summed E-state index contributed by atoms with van der Waals surface area (Å²) in [6.45, 7) is 2.18. The maximum absolute atomic E-state index is 14.0. The molecule has 4 heterocycles. The van der Waals surface area contributed by atoms with Gasteiger partial charge in [0.1, 0.15) is 6.07 Å². The van der Waals surface area contributed by atoms with Crippen LogP contribution >= 0.6 is 0 Å². The Hall–Kier alpha value is -4.22. The Bertz CT molecular complexity index is 1650. The fourth-order valence-electron chi connectivity index (χ4n) is 6.70. The number of imide groups is 1. The van der Waals surface area contributed by atoms with Crippen molar-refractivity contribution in [1.29, 1.82) is 5.26 Å². The minimum Gasteiger partial charge on any atom is -0.475 e. The molecule has 3 aliphatic rings. The van der Waals surface area contributed by atoms with Crippen LogP contribution in [0.25, 0.3) is 21.7 Å². The van der Waals surface area contributed by atoms with Crippen molar-refractivity contribution >= 4 is 39.2 Å². The fraction of sp³-hybridized carbons (Fsp3) is 0.310. The molecular formula is C29H23N3O5. The van der Waals surface area contributed by atoms with Gasteiger partial charge in [-0.2, -0.15) is 5.26 Å². The molecule has 3 aliphatic heterocycles. The number of hydrogen-bond acceptors (Lipinski definition) is 7. The molecule has 4 atom stereocenters. The molecule has 0 aliphatic carbocycles. The van der Waals surface area contributed by atoms with Crippen LogP contribution in [-0.4, -0.2) is 34.8 Å². The van der Waals surface area contributed by atoms with E-state index in [1.165, 1.54) is 4.90 Å². The summed E-state index contributed by atoms with van der Waals surface area (Å²) in [6.07, 6.45) is 1.76. The van der Waals surface area contributed by atoms with Gasteiger partial charge >= 0.3 is 0 Å². The van der Waals surface area contributed by atoms with Gasteiger partial charge in [0, 0.05) is 11.8 Å². The van der Waals surface area contributed by atoms with Gasteiger partial charge in [-0.1, -0.05) is 42.5 Å². The summed E-state index contributed by atoms with van der Waals surface area (Å²) >= 11 is 0. The number of rotatable bonds is 5. The molecule has 8 nitrogen and oxygen atoms in total. The Balaban J connectivity index is 1.21. The van der Waals surface area contributed by atoms with E-state index in [2.05, 4.69) is 11.2 Å². The molecule has 37 heavy (non-hydrogen) atoms. The third-order valence-electron chi connectivity index (χ3n) is 8.38. The number of aromatic nitrogens is 1. The second kappa shape index (κ2) is 7.64. The molecule has 3 aromatic carbocycles. The molecule has 2 bridgehead atoms. The molecular weight excluding hydrogens is 470 g/mol. The minimum atomic E-state index is -0.815. The quantitative estimate of drug-likeness (QED) is 0.370. The van der Waals surface area contributed by atoms with Crippen LogP contribution in [0.2, 0.25) is 0 Å². The first-order chi connectivity index (χ1) is 18.0. The van der Waals surface area contributed by atoms with Gasteiger partial charge < -0.3 is 14.0 Å². The van der Waals surface area contributed by atoms with Gasteiger partial charge in [0.25, 0.3) is 5.88 Å². The first-order valence-electron chi connectivity index (χ1n) is 12.4. The zero-order valence-corrected chi connectivity index (χ0v) is 20.1.